The van der Waals surface area contributed by atoms with E-state index in [1.54, 1.807) is 17.6 Å². The molecule has 86 valence electrons. The number of hydrogen-bond donors (Lipinski definition) is 1. The molecule has 4 heteroatoms. The third-order valence-electron chi connectivity index (χ3n) is 2.75. The number of benzene rings is 1. The molecule has 3 aromatic rings. The summed E-state index contributed by atoms with van der Waals surface area (Å²) < 4.78 is 6.59. The van der Waals surface area contributed by atoms with Gasteiger partial charge in [0.2, 0.25) is 0 Å². The van der Waals surface area contributed by atoms with Gasteiger partial charge >= 0.3 is 0 Å². The van der Waals surface area contributed by atoms with Gasteiger partial charge in [0.25, 0.3) is 0 Å². The second-order valence-electron chi connectivity index (χ2n) is 3.92. The average molecular weight is 244 g/mol. The van der Waals surface area contributed by atoms with Crippen LogP contribution in [0.5, 0.6) is 0 Å². The Morgan fingerprint density at radius 3 is 3.12 bits per heavy atom. The maximum Gasteiger partial charge on any atom is 0.125 e. The van der Waals surface area contributed by atoms with E-state index in [2.05, 4.69) is 16.4 Å². The first-order valence-corrected chi connectivity index (χ1v) is 6.31. The van der Waals surface area contributed by atoms with Crippen LogP contribution in [0, 0.1) is 6.92 Å². The van der Waals surface area contributed by atoms with Crippen LogP contribution in [-0.2, 0) is 6.54 Å². The van der Waals surface area contributed by atoms with Crippen LogP contribution in [0.3, 0.4) is 0 Å². The van der Waals surface area contributed by atoms with Crippen molar-refractivity contribution in [2.75, 3.05) is 5.32 Å². The van der Waals surface area contributed by atoms with Crippen LogP contribution in [0.1, 0.15) is 11.3 Å². The quantitative estimate of drug-likeness (QED) is 0.761. The number of hydrogen-bond acceptors (Lipinski definition) is 4. The molecular weight excluding hydrogens is 232 g/mol. The highest BCUT2D eigenvalue weighted by atomic mass is 32.1. The van der Waals surface area contributed by atoms with E-state index < -0.39 is 0 Å². The van der Waals surface area contributed by atoms with Crippen molar-refractivity contribution < 1.29 is 4.42 Å². The first-order chi connectivity index (χ1) is 8.33. The van der Waals surface area contributed by atoms with Crippen molar-refractivity contribution in [3.05, 3.63) is 47.4 Å². The largest absolute Gasteiger partial charge is 0.467 e. The van der Waals surface area contributed by atoms with Crippen molar-refractivity contribution in [3.8, 4) is 0 Å². The van der Waals surface area contributed by atoms with E-state index in [1.165, 1.54) is 10.3 Å². The van der Waals surface area contributed by atoms with E-state index in [0.29, 0.717) is 6.54 Å². The Morgan fingerprint density at radius 2 is 2.29 bits per heavy atom. The molecule has 2 heterocycles. The molecule has 1 N–H and O–H groups in total. The highest BCUT2D eigenvalue weighted by Gasteiger charge is 2.02. The number of furan rings is 1. The molecule has 3 rings (SSSR count). The van der Waals surface area contributed by atoms with Crippen molar-refractivity contribution >= 4 is 27.2 Å². The Balaban J connectivity index is 1.78. The number of aromatic nitrogens is 1. The lowest BCUT2D eigenvalue weighted by molar-refractivity contribution is 0.515. The van der Waals surface area contributed by atoms with Gasteiger partial charge in [-0.05, 0) is 36.8 Å². The fourth-order valence-electron chi connectivity index (χ4n) is 1.73. The number of anilines is 1. The van der Waals surface area contributed by atoms with Crippen LogP contribution in [0.25, 0.3) is 10.2 Å². The summed E-state index contributed by atoms with van der Waals surface area (Å²) in [4.78, 5) is 4.26. The van der Waals surface area contributed by atoms with Crippen LogP contribution >= 0.6 is 11.3 Å². The predicted molar refractivity (Wildman–Crippen MR) is 70.4 cm³/mol. The summed E-state index contributed by atoms with van der Waals surface area (Å²) in [7, 11) is 0. The fraction of sp³-hybridized carbons (Fsp3) is 0.154. The van der Waals surface area contributed by atoms with Crippen molar-refractivity contribution in [2.24, 2.45) is 0 Å². The SMILES string of the molecule is Cc1ccoc1CNc1ccc2ncsc2c1. The number of thiazole rings is 1. The second kappa shape index (κ2) is 4.22. The molecule has 0 amide bonds. The lowest BCUT2D eigenvalue weighted by Gasteiger charge is -2.04. The summed E-state index contributed by atoms with van der Waals surface area (Å²) in [6.07, 6.45) is 1.72. The maximum absolute atomic E-state index is 5.39. The Kier molecular flexibility index (Phi) is 2.57. The summed E-state index contributed by atoms with van der Waals surface area (Å²) in [6, 6.07) is 8.16. The van der Waals surface area contributed by atoms with E-state index >= 15 is 0 Å². The van der Waals surface area contributed by atoms with Crippen LogP contribution < -0.4 is 5.32 Å². The predicted octanol–water partition coefficient (Wildman–Crippen LogP) is 3.81. The van der Waals surface area contributed by atoms with Crippen molar-refractivity contribution in [1.82, 2.24) is 4.98 Å². The zero-order valence-electron chi connectivity index (χ0n) is 9.43. The molecule has 0 bridgehead atoms. The van der Waals surface area contributed by atoms with Gasteiger partial charge in [-0.2, -0.15) is 0 Å². The van der Waals surface area contributed by atoms with Gasteiger partial charge in [-0.3, -0.25) is 0 Å². The third kappa shape index (κ3) is 2.03. The van der Waals surface area contributed by atoms with Gasteiger partial charge in [-0.25, -0.2) is 4.98 Å². The van der Waals surface area contributed by atoms with Crippen LogP contribution in [-0.4, -0.2) is 4.98 Å². The standard InChI is InChI=1S/C13H12N2OS/c1-9-4-5-16-12(9)7-14-10-2-3-11-13(6-10)17-8-15-11/h2-6,8,14H,7H2,1H3. The van der Waals surface area contributed by atoms with E-state index in [-0.39, 0.29) is 0 Å². The van der Waals surface area contributed by atoms with Gasteiger partial charge in [0.05, 0.1) is 28.5 Å². The zero-order chi connectivity index (χ0) is 11.7. The Bertz CT molecular complexity index is 641. The van der Waals surface area contributed by atoms with Crippen molar-refractivity contribution in [3.63, 3.8) is 0 Å². The number of fused-ring (bicyclic) bond motifs is 1. The smallest absolute Gasteiger partial charge is 0.125 e. The minimum atomic E-state index is 0.711. The van der Waals surface area contributed by atoms with E-state index in [0.717, 1.165) is 17.0 Å². The normalized spacial score (nSPS) is 10.9. The van der Waals surface area contributed by atoms with Gasteiger partial charge in [-0.15, -0.1) is 11.3 Å². The highest BCUT2D eigenvalue weighted by molar-refractivity contribution is 7.16. The summed E-state index contributed by atoms with van der Waals surface area (Å²) in [5.41, 5.74) is 5.19. The Hall–Kier alpha value is -1.81. The van der Waals surface area contributed by atoms with Gasteiger partial charge in [-0.1, -0.05) is 0 Å². The number of nitrogens with one attached hydrogen (secondary N) is 1. The number of nitrogens with zero attached hydrogens (tertiary/aromatic N) is 1. The second-order valence-corrected chi connectivity index (χ2v) is 4.80. The Labute approximate surface area is 103 Å². The van der Waals surface area contributed by atoms with Crippen molar-refractivity contribution in [2.45, 2.75) is 13.5 Å². The van der Waals surface area contributed by atoms with Crippen LogP contribution in [0.2, 0.25) is 0 Å². The lowest BCUT2D eigenvalue weighted by Crippen LogP contribution is -1.98. The first-order valence-electron chi connectivity index (χ1n) is 5.43. The first kappa shape index (κ1) is 10.4. The van der Waals surface area contributed by atoms with Gasteiger partial charge in [0, 0.05) is 5.69 Å². The summed E-state index contributed by atoms with van der Waals surface area (Å²) in [5.74, 6) is 0.981. The Morgan fingerprint density at radius 1 is 1.35 bits per heavy atom. The van der Waals surface area contributed by atoms with Crippen LogP contribution in [0.4, 0.5) is 5.69 Å². The fourth-order valence-corrected chi connectivity index (χ4v) is 2.45. The molecule has 0 aliphatic rings. The van der Waals surface area contributed by atoms with Gasteiger partial charge in [0.1, 0.15) is 5.76 Å². The monoisotopic (exact) mass is 244 g/mol. The van der Waals surface area contributed by atoms with Gasteiger partial charge < -0.3 is 9.73 Å². The van der Waals surface area contributed by atoms with Crippen molar-refractivity contribution in [1.29, 1.82) is 0 Å². The number of aryl methyl sites for hydroxylation is 1. The zero-order valence-corrected chi connectivity index (χ0v) is 10.3. The van der Waals surface area contributed by atoms with E-state index in [1.807, 2.05) is 30.6 Å². The molecule has 0 saturated carbocycles. The summed E-state index contributed by atoms with van der Waals surface area (Å²) in [5, 5.41) is 3.35. The number of rotatable bonds is 3. The topological polar surface area (TPSA) is 38.1 Å². The molecule has 0 aliphatic carbocycles. The molecule has 0 spiro atoms. The van der Waals surface area contributed by atoms with E-state index in [4.69, 9.17) is 4.42 Å². The minimum absolute atomic E-state index is 0.711. The van der Waals surface area contributed by atoms with Gasteiger partial charge in [0.15, 0.2) is 0 Å². The highest BCUT2D eigenvalue weighted by Crippen LogP contribution is 2.22. The average Bonchev–Trinajstić information content (AvgIpc) is 2.94. The molecular formula is C13H12N2OS. The third-order valence-corrected chi connectivity index (χ3v) is 3.54. The lowest BCUT2D eigenvalue weighted by atomic mass is 10.2. The molecule has 0 atom stereocenters. The molecule has 2 aromatic heterocycles. The minimum Gasteiger partial charge on any atom is -0.467 e. The molecule has 1 aromatic carbocycles. The molecule has 17 heavy (non-hydrogen) atoms. The van der Waals surface area contributed by atoms with E-state index in [9.17, 15) is 0 Å². The molecule has 3 nitrogen and oxygen atoms in total. The molecule has 0 radical (unpaired) electrons. The summed E-state index contributed by atoms with van der Waals surface area (Å²) in [6.45, 7) is 2.76. The molecule has 0 saturated heterocycles. The van der Waals surface area contributed by atoms with Crippen LogP contribution in [0.15, 0.2) is 40.5 Å². The molecule has 0 unspecified atom stereocenters. The maximum atomic E-state index is 5.39. The molecule has 0 fully saturated rings. The molecule has 0 aliphatic heterocycles. The summed E-state index contributed by atoms with van der Waals surface area (Å²) >= 11 is 1.65.